The second-order valence-corrected chi connectivity index (χ2v) is 6.97. The van der Waals surface area contributed by atoms with Crippen LogP contribution in [0, 0.1) is 10.1 Å². The Morgan fingerprint density at radius 1 is 0.903 bits per heavy atom. The molecule has 8 heteroatoms. The maximum atomic E-state index is 12.7. The fraction of sp³-hybridized carbons (Fsp3) is 0.130. The second-order valence-electron chi connectivity index (χ2n) is 6.97. The van der Waals surface area contributed by atoms with Gasteiger partial charge >= 0.3 is 6.03 Å². The van der Waals surface area contributed by atoms with E-state index in [0.717, 1.165) is 0 Å². The minimum Gasteiger partial charge on any atom is -0.322 e. The molecule has 0 aromatic heterocycles. The van der Waals surface area contributed by atoms with E-state index in [4.69, 9.17) is 0 Å². The average molecular weight is 418 g/mol. The third kappa shape index (κ3) is 5.45. The average Bonchev–Trinajstić information content (AvgIpc) is 2.79. The van der Waals surface area contributed by atoms with Gasteiger partial charge in [-0.2, -0.15) is 0 Å². The highest BCUT2D eigenvalue weighted by molar-refractivity contribution is 6.04. The van der Waals surface area contributed by atoms with Crippen molar-refractivity contribution in [1.82, 2.24) is 4.90 Å². The molecule has 0 aliphatic heterocycles. The van der Waals surface area contributed by atoms with Crippen LogP contribution in [0.4, 0.5) is 21.9 Å². The van der Waals surface area contributed by atoms with Gasteiger partial charge in [0.15, 0.2) is 0 Å². The van der Waals surface area contributed by atoms with E-state index in [0.29, 0.717) is 22.5 Å². The van der Waals surface area contributed by atoms with Crippen molar-refractivity contribution in [2.45, 2.75) is 13.0 Å². The van der Waals surface area contributed by atoms with Gasteiger partial charge in [0.1, 0.15) is 0 Å². The molecule has 2 N–H and O–H groups in total. The van der Waals surface area contributed by atoms with Crippen LogP contribution in [0.3, 0.4) is 0 Å². The molecule has 3 amide bonds. The van der Waals surface area contributed by atoms with E-state index in [2.05, 4.69) is 10.6 Å². The van der Waals surface area contributed by atoms with Gasteiger partial charge in [-0.25, -0.2) is 4.79 Å². The summed E-state index contributed by atoms with van der Waals surface area (Å²) in [4.78, 5) is 37.0. The molecule has 3 aromatic carbocycles. The Morgan fingerprint density at radius 3 is 2.23 bits per heavy atom. The lowest BCUT2D eigenvalue weighted by atomic mass is 10.1. The van der Waals surface area contributed by atoms with Crippen molar-refractivity contribution in [3.8, 4) is 0 Å². The Bertz CT molecular complexity index is 1100. The van der Waals surface area contributed by atoms with Gasteiger partial charge < -0.3 is 15.5 Å². The molecule has 0 aliphatic rings. The normalized spacial score (nSPS) is 11.3. The van der Waals surface area contributed by atoms with Gasteiger partial charge in [0, 0.05) is 36.1 Å². The summed E-state index contributed by atoms with van der Waals surface area (Å²) in [6.07, 6.45) is 0. The standard InChI is InChI=1S/C23H22N4O4/c1-16(18-10-6-13-21(14-18)27(30)31)26(2)23(29)25-20-12-7-11-19(15-20)24-22(28)17-8-4-3-5-9-17/h3-16H,1-2H3,(H,24,28)(H,25,29). The number of nitrogens with one attached hydrogen (secondary N) is 2. The highest BCUT2D eigenvalue weighted by atomic mass is 16.6. The first-order valence-electron chi connectivity index (χ1n) is 9.60. The predicted molar refractivity (Wildman–Crippen MR) is 119 cm³/mol. The topological polar surface area (TPSA) is 105 Å². The molecule has 1 atom stereocenters. The Hall–Kier alpha value is -4.20. The summed E-state index contributed by atoms with van der Waals surface area (Å²) in [7, 11) is 1.61. The number of hydrogen-bond donors (Lipinski definition) is 2. The number of nitro benzene ring substituents is 1. The van der Waals surface area contributed by atoms with Crippen LogP contribution in [0.2, 0.25) is 0 Å². The number of benzene rings is 3. The van der Waals surface area contributed by atoms with Crippen LogP contribution in [0.15, 0.2) is 78.9 Å². The van der Waals surface area contributed by atoms with E-state index in [1.165, 1.54) is 17.0 Å². The van der Waals surface area contributed by atoms with Crippen molar-refractivity contribution in [2.24, 2.45) is 0 Å². The molecule has 3 aromatic rings. The number of nitro groups is 1. The van der Waals surface area contributed by atoms with Gasteiger partial charge in [-0.05, 0) is 42.8 Å². The predicted octanol–water partition coefficient (Wildman–Crippen LogP) is 5.07. The van der Waals surface area contributed by atoms with Crippen molar-refractivity contribution in [3.05, 3.63) is 100 Å². The molecule has 3 rings (SSSR count). The number of rotatable bonds is 6. The molecule has 1 unspecified atom stereocenters. The maximum absolute atomic E-state index is 12.7. The molecular formula is C23H22N4O4. The van der Waals surface area contributed by atoms with Crippen molar-refractivity contribution >= 4 is 29.0 Å². The zero-order chi connectivity index (χ0) is 22.4. The molecule has 31 heavy (non-hydrogen) atoms. The Balaban J connectivity index is 1.67. The smallest absolute Gasteiger partial charge is 0.322 e. The minimum absolute atomic E-state index is 0.0278. The summed E-state index contributed by atoms with van der Waals surface area (Å²) in [5, 5.41) is 16.6. The number of urea groups is 1. The van der Waals surface area contributed by atoms with E-state index in [-0.39, 0.29) is 23.7 Å². The number of non-ortho nitro benzene ring substituents is 1. The van der Waals surface area contributed by atoms with Crippen molar-refractivity contribution in [1.29, 1.82) is 0 Å². The van der Waals surface area contributed by atoms with Gasteiger partial charge in [0.25, 0.3) is 11.6 Å². The third-order valence-corrected chi connectivity index (χ3v) is 4.87. The zero-order valence-electron chi connectivity index (χ0n) is 17.1. The summed E-state index contributed by atoms with van der Waals surface area (Å²) in [6.45, 7) is 1.79. The molecule has 0 bridgehead atoms. The molecular weight excluding hydrogens is 396 g/mol. The van der Waals surface area contributed by atoms with Crippen LogP contribution in [0.5, 0.6) is 0 Å². The van der Waals surface area contributed by atoms with Gasteiger partial charge in [-0.3, -0.25) is 14.9 Å². The van der Waals surface area contributed by atoms with Crippen molar-refractivity contribution in [3.63, 3.8) is 0 Å². The first-order chi connectivity index (χ1) is 14.8. The number of nitrogens with zero attached hydrogens (tertiary/aromatic N) is 2. The third-order valence-electron chi connectivity index (χ3n) is 4.87. The number of amides is 3. The molecule has 0 aliphatic carbocycles. The van der Waals surface area contributed by atoms with Crippen LogP contribution in [0.1, 0.15) is 28.9 Å². The van der Waals surface area contributed by atoms with Gasteiger partial charge in [-0.1, -0.05) is 36.4 Å². The fourth-order valence-electron chi connectivity index (χ4n) is 2.98. The lowest BCUT2D eigenvalue weighted by Crippen LogP contribution is -2.33. The monoisotopic (exact) mass is 418 g/mol. The van der Waals surface area contributed by atoms with E-state index < -0.39 is 4.92 Å². The quantitative estimate of drug-likeness (QED) is 0.431. The van der Waals surface area contributed by atoms with Crippen LogP contribution >= 0.6 is 0 Å². The van der Waals surface area contributed by atoms with Crippen LogP contribution in [-0.2, 0) is 0 Å². The second kappa shape index (κ2) is 9.53. The van der Waals surface area contributed by atoms with Crippen LogP contribution in [-0.4, -0.2) is 28.8 Å². The van der Waals surface area contributed by atoms with E-state index in [1.807, 2.05) is 6.07 Å². The van der Waals surface area contributed by atoms with Gasteiger partial charge in [-0.15, -0.1) is 0 Å². The molecule has 0 saturated carbocycles. The van der Waals surface area contributed by atoms with Crippen molar-refractivity contribution < 1.29 is 14.5 Å². The summed E-state index contributed by atoms with van der Waals surface area (Å²) in [5.41, 5.74) is 2.20. The molecule has 0 saturated heterocycles. The van der Waals surface area contributed by atoms with E-state index in [9.17, 15) is 19.7 Å². The van der Waals surface area contributed by atoms with E-state index in [1.54, 1.807) is 74.6 Å². The minimum atomic E-state index is -0.467. The number of carbonyl (C=O) groups is 2. The van der Waals surface area contributed by atoms with Crippen LogP contribution in [0.25, 0.3) is 0 Å². The van der Waals surface area contributed by atoms with E-state index >= 15 is 0 Å². The maximum Gasteiger partial charge on any atom is 0.322 e. The Morgan fingerprint density at radius 2 is 1.55 bits per heavy atom. The molecule has 0 spiro atoms. The first-order valence-corrected chi connectivity index (χ1v) is 9.60. The number of hydrogen-bond acceptors (Lipinski definition) is 4. The Kier molecular flexibility index (Phi) is 6.61. The molecule has 0 heterocycles. The molecule has 158 valence electrons. The zero-order valence-corrected chi connectivity index (χ0v) is 17.1. The summed E-state index contributed by atoms with van der Waals surface area (Å²) < 4.78 is 0. The lowest BCUT2D eigenvalue weighted by Gasteiger charge is -2.25. The molecule has 0 radical (unpaired) electrons. The largest absolute Gasteiger partial charge is 0.322 e. The van der Waals surface area contributed by atoms with Crippen LogP contribution < -0.4 is 10.6 Å². The Labute approximate surface area is 179 Å². The first kappa shape index (κ1) is 21.5. The number of carbonyl (C=O) groups excluding carboxylic acids is 2. The highest BCUT2D eigenvalue weighted by Crippen LogP contribution is 2.24. The molecule has 0 fully saturated rings. The SMILES string of the molecule is CC(c1cccc([N+](=O)[O-])c1)N(C)C(=O)Nc1cccc(NC(=O)c2ccccc2)c1. The summed E-state index contributed by atoms with van der Waals surface area (Å²) in [5.74, 6) is -0.250. The fourth-order valence-corrected chi connectivity index (χ4v) is 2.98. The summed E-state index contributed by atoms with van der Waals surface area (Å²) >= 11 is 0. The van der Waals surface area contributed by atoms with Gasteiger partial charge in [0.2, 0.25) is 0 Å². The van der Waals surface area contributed by atoms with Crippen molar-refractivity contribution in [2.75, 3.05) is 17.7 Å². The number of anilines is 2. The highest BCUT2D eigenvalue weighted by Gasteiger charge is 2.19. The lowest BCUT2D eigenvalue weighted by molar-refractivity contribution is -0.384. The van der Waals surface area contributed by atoms with Gasteiger partial charge in [0.05, 0.1) is 11.0 Å². The molecule has 8 nitrogen and oxygen atoms in total. The summed E-state index contributed by atoms with van der Waals surface area (Å²) in [6, 6.07) is 21.1.